The van der Waals surface area contributed by atoms with E-state index in [9.17, 15) is 14.4 Å². The van der Waals surface area contributed by atoms with Gasteiger partial charge in [0.05, 0.1) is 7.11 Å². The van der Waals surface area contributed by atoms with Crippen molar-refractivity contribution in [2.75, 3.05) is 31.1 Å². The summed E-state index contributed by atoms with van der Waals surface area (Å²) in [7, 11) is 1.23. The third kappa shape index (κ3) is 9.92. The fourth-order valence-corrected chi connectivity index (χ4v) is 2.57. The number of carbonyl (C=O) groups is 3. The van der Waals surface area contributed by atoms with Crippen LogP contribution in [0.1, 0.15) is 27.2 Å². The number of esters is 2. The molecule has 1 amide bonds. The second-order valence-electron chi connectivity index (χ2n) is 5.88. The molecule has 0 bridgehead atoms. The Morgan fingerprint density at radius 3 is 2.17 bits per heavy atom. The van der Waals surface area contributed by atoms with Gasteiger partial charge in [-0.05, 0) is 45.5 Å². The van der Waals surface area contributed by atoms with Gasteiger partial charge in [0.1, 0.15) is 11.6 Å². The van der Waals surface area contributed by atoms with E-state index in [4.69, 9.17) is 9.47 Å². The average Bonchev–Trinajstić information content (AvgIpc) is 2.48. The maximum absolute atomic E-state index is 12.3. The second kappa shape index (κ2) is 11.5. The maximum Gasteiger partial charge on any atom is 0.408 e. The van der Waals surface area contributed by atoms with E-state index in [1.165, 1.54) is 30.6 Å². The lowest BCUT2D eigenvalue weighted by Gasteiger charge is -2.24. The molecule has 24 heavy (non-hydrogen) atoms. The van der Waals surface area contributed by atoms with Gasteiger partial charge in [-0.1, -0.05) is 0 Å². The molecule has 2 atom stereocenters. The third-order valence-corrected chi connectivity index (χ3v) is 3.91. The number of rotatable bonds is 9. The summed E-state index contributed by atoms with van der Waals surface area (Å²) in [4.78, 5) is 35.9. The van der Waals surface area contributed by atoms with E-state index in [-0.39, 0.29) is 5.75 Å². The first-order valence-electron chi connectivity index (χ1n) is 7.40. The van der Waals surface area contributed by atoms with Crippen molar-refractivity contribution >= 4 is 41.6 Å². The zero-order valence-corrected chi connectivity index (χ0v) is 16.7. The summed E-state index contributed by atoms with van der Waals surface area (Å²) in [6.45, 7) is 5.19. The fourth-order valence-electron chi connectivity index (χ4n) is 1.59. The molecule has 0 saturated heterocycles. The largest absolute Gasteiger partial charge is 0.466 e. The lowest BCUT2D eigenvalue weighted by molar-refractivity contribution is -0.165. The number of methoxy groups -OCH3 is 1. The number of nitrogens with one attached hydrogen (secondary N) is 1. The normalized spacial score (nSPS) is 13.6. The van der Waals surface area contributed by atoms with Crippen molar-refractivity contribution in [2.24, 2.45) is 0 Å². The number of amides is 1. The molecule has 0 aromatic rings. The van der Waals surface area contributed by atoms with Gasteiger partial charge in [-0.15, -0.1) is 0 Å². The molecular weight excluding hydrogens is 354 g/mol. The highest BCUT2D eigenvalue weighted by atomic mass is 32.2. The molecule has 9 heteroatoms. The minimum atomic E-state index is -1.00. The summed E-state index contributed by atoms with van der Waals surface area (Å²) in [6, 6.07) is -0.888. The SMILES string of the molecule is COC(=O)C(CSC)OC(=O)[C@H](CCSC)NC(=O)OC(C)(C)C. The Kier molecular flexibility index (Phi) is 10.9. The van der Waals surface area contributed by atoms with Gasteiger partial charge in [0.2, 0.25) is 6.10 Å². The summed E-state index contributed by atoms with van der Waals surface area (Å²) in [6.07, 6.45) is 2.33. The lowest BCUT2D eigenvalue weighted by atomic mass is 10.2. The molecular formula is C15H27NO6S2. The Balaban J connectivity index is 4.91. The van der Waals surface area contributed by atoms with Crippen LogP contribution in [-0.2, 0) is 23.8 Å². The minimum Gasteiger partial charge on any atom is -0.466 e. The number of thioether (sulfide) groups is 2. The van der Waals surface area contributed by atoms with Crippen LogP contribution in [0.3, 0.4) is 0 Å². The van der Waals surface area contributed by atoms with Crippen LogP contribution >= 0.6 is 23.5 Å². The van der Waals surface area contributed by atoms with Crippen LogP contribution in [0, 0.1) is 0 Å². The molecule has 140 valence electrons. The van der Waals surface area contributed by atoms with Crippen molar-refractivity contribution in [1.82, 2.24) is 5.32 Å². The van der Waals surface area contributed by atoms with E-state index in [0.717, 1.165) is 0 Å². The van der Waals surface area contributed by atoms with Gasteiger partial charge in [0.25, 0.3) is 0 Å². The van der Waals surface area contributed by atoms with Crippen molar-refractivity contribution in [1.29, 1.82) is 0 Å². The molecule has 7 nitrogen and oxygen atoms in total. The highest BCUT2D eigenvalue weighted by Crippen LogP contribution is 2.11. The Labute approximate surface area is 151 Å². The summed E-state index contributed by atoms with van der Waals surface area (Å²) >= 11 is 2.88. The van der Waals surface area contributed by atoms with Crippen molar-refractivity contribution in [3.05, 3.63) is 0 Å². The number of carbonyl (C=O) groups excluding carboxylic acids is 3. The Hall–Kier alpha value is -1.09. The fraction of sp³-hybridized carbons (Fsp3) is 0.800. The molecule has 1 N–H and O–H groups in total. The minimum absolute atomic E-state index is 0.278. The van der Waals surface area contributed by atoms with E-state index in [2.05, 4.69) is 10.1 Å². The van der Waals surface area contributed by atoms with Gasteiger partial charge in [-0.25, -0.2) is 14.4 Å². The van der Waals surface area contributed by atoms with Crippen LogP contribution in [0.15, 0.2) is 0 Å². The number of ether oxygens (including phenoxy) is 3. The van der Waals surface area contributed by atoms with Crippen molar-refractivity contribution in [3.8, 4) is 0 Å². The highest BCUT2D eigenvalue weighted by molar-refractivity contribution is 7.98. The standard InChI is InChI=1S/C15H27NO6S2/c1-15(2,3)22-14(19)16-10(7-8-23-5)12(17)21-11(9-24-6)13(18)20-4/h10-11H,7-9H2,1-6H3,(H,16,19)/t10-,11?/m0/s1. The average molecular weight is 382 g/mol. The lowest BCUT2D eigenvalue weighted by Crippen LogP contribution is -2.46. The number of alkyl carbamates (subject to hydrolysis) is 1. The van der Waals surface area contributed by atoms with Gasteiger partial charge in [-0.3, -0.25) is 0 Å². The predicted octanol–water partition coefficient (Wildman–Crippen LogP) is 2.08. The van der Waals surface area contributed by atoms with Gasteiger partial charge in [0.15, 0.2) is 0 Å². The van der Waals surface area contributed by atoms with E-state index < -0.39 is 35.8 Å². The zero-order valence-electron chi connectivity index (χ0n) is 15.0. The molecule has 0 saturated carbocycles. The van der Waals surface area contributed by atoms with E-state index in [0.29, 0.717) is 12.2 Å². The van der Waals surface area contributed by atoms with Crippen LogP contribution in [0.5, 0.6) is 0 Å². The Bertz CT molecular complexity index is 425. The number of hydrogen-bond acceptors (Lipinski definition) is 8. The topological polar surface area (TPSA) is 90.9 Å². The molecule has 0 aromatic heterocycles. The molecule has 0 fully saturated rings. The van der Waals surface area contributed by atoms with Gasteiger partial charge >= 0.3 is 18.0 Å². The van der Waals surface area contributed by atoms with Crippen LogP contribution in [0.4, 0.5) is 4.79 Å². The first-order chi connectivity index (χ1) is 11.1. The van der Waals surface area contributed by atoms with Gasteiger partial charge in [0, 0.05) is 5.75 Å². The van der Waals surface area contributed by atoms with Crippen LogP contribution in [0.25, 0.3) is 0 Å². The molecule has 0 aliphatic rings. The quantitative estimate of drug-likeness (QED) is 0.479. The Morgan fingerprint density at radius 2 is 1.71 bits per heavy atom. The number of hydrogen-bond donors (Lipinski definition) is 1. The molecule has 0 heterocycles. The summed E-state index contributed by atoms with van der Waals surface area (Å²) in [5, 5.41) is 2.50. The molecule has 0 radical (unpaired) electrons. The first kappa shape index (κ1) is 22.9. The van der Waals surface area contributed by atoms with Crippen LogP contribution in [-0.4, -0.2) is 66.9 Å². The molecule has 0 aliphatic carbocycles. The van der Waals surface area contributed by atoms with E-state index in [1.807, 2.05) is 6.26 Å². The third-order valence-electron chi connectivity index (χ3n) is 2.63. The van der Waals surface area contributed by atoms with Crippen LogP contribution in [0.2, 0.25) is 0 Å². The van der Waals surface area contributed by atoms with E-state index in [1.54, 1.807) is 27.0 Å². The molecule has 0 aliphatic heterocycles. The molecule has 0 rings (SSSR count). The maximum atomic E-state index is 12.3. The predicted molar refractivity (Wildman–Crippen MR) is 96.4 cm³/mol. The van der Waals surface area contributed by atoms with Crippen molar-refractivity contribution in [3.63, 3.8) is 0 Å². The van der Waals surface area contributed by atoms with Crippen molar-refractivity contribution in [2.45, 2.75) is 44.9 Å². The van der Waals surface area contributed by atoms with Gasteiger partial charge < -0.3 is 19.5 Å². The monoisotopic (exact) mass is 381 g/mol. The van der Waals surface area contributed by atoms with Gasteiger partial charge in [-0.2, -0.15) is 23.5 Å². The van der Waals surface area contributed by atoms with Crippen molar-refractivity contribution < 1.29 is 28.6 Å². The zero-order chi connectivity index (χ0) is 18.8. The highest BCUT2D eigenvalue weighted by Gasteiger charge is 2.30. The molecule has 0 aromatic carbocycles. The Morgan fingerprint density at radius 1 is 1.08 bits per heavy atom. The summed E-state index contributed by atoms with van der Waals surface area (Å²) in [5.41, 5.74) is -0.675. The van der Waals surface area contributed by atoms with Crippen LogP contribution < -0.4 is 5.32 Å². The smallest absolute Gasteiger partial charge is 0.408 e. The molecule has 1 unspecified atom stereocenters. The molecule has 0 spiro atoms. The summed E-state index contributed by atoms with van der Waals surface area (Å²) < 4.78 is 15.0. The summed E-state index contributed by atoms with van der Waals surface area (Å²) in [5.74, 6) is -0.390. The van der Waals surface area contributed by atoms with E-state index >= 15 is 0 Å². The first-order valence-corrected chi connectivity index (χ1v) is 10.2. The second-order valence-corrected chi connectivity index (χ2v) is 7.78.